The van der Waals surface area contributed by atoms with Gasteiger partial charge in [-0.3, -0.25) is 4.79 Å². The van der Waals surface area contributed by atoms with Gasteiger partial charge >= 0.3 is 0 Å². The van der Waals surface area contributed by atoms with Gasteiger partial charge in [0.1, 0.15) is 11.3 Å². The van der Waals surface area contributed by atoms with E-state index in [1.807, 2.05) is 4.90 Å². The summed E-state index contributed by atoms with van der Waals surface area (Å²) in [5.74, 6) is -0.0319. The lowest BCUT2D eigenvalue weighted by Gasteiger charge is -2.48. The third-order valence-corrected chi connectivity index (χ3v) is 4.27. The Kier molecular flexibility index (Phi) is 3.25. The van der Waals surface area contributed by atoms with E-state index in [2.05, 4.69) is 10.3 Å². The van der Waals surface area contributed by atoms with Crippen LogP contribution in [0, 0.1) is 6.92 Å². The monoisotopic (exact) mass is 277 g/mol. The zero-order valence-corrected chi connectivity index (χ0v) is 11.7. The molecule has 1 saturated heterocycles. The van der Waals surface area contributed by atoms with Crippen LogP contribution in [0.15, 0.2) is 6.20 Å². The SMILES string of the molecule is COc1ncc(C)c(O)c1C(=O)N1CCN[C@H]2CC[C@@H]21. The highest BCUT2D eigenvalue weighted by molar-refractivity contribution is 5.99. The summed E-state index contributed by atoms with van der Waals surface area (Å²) in [6, 6.07) is 0.611. The van der Waals surface area contributed by atoms with Gasteiger partial charge in [-0.05, 0) is 19.8 Å². The molecule has 2 fully saturated rings. The lowest BCUT2D eigenvalue weighted by molar-refractivity contribution is 0.0344. The summed E-state index contributed by atoms with van der Waals surface area (Å²) in [6.45, 7) is 3.16. The maximum Gasteiger partial charge on any atom is 0.263 e. The summed E-state index contributed by atoms with van der Waals surface area (Å²) in [5.41, 5.74) is 0.759. The van der Waals surface area contributed by atoms with Gasteiger partial charge in [-0.1, -0.05) is 0 Å². The summed E-state index contributed by atoms with van der Waals surface area (Å²) < 4.78 is 5.14. The molecule has 3 rings (SSSR count). The van der Waals surface area contributed by atoms with E-state index in [0.29, 0.717) is 18.2 Å². The molecular weight excluding hydrogens is 258 g/mol. The van der Waals surface area contributed by atoms with Crippen molar-refractivity contribution in [3.8, 4) is 11.6 Å². The standard InChI is InChI=1S/C14H19N3O3/c1-8-7-16-13(20-2)11(12(8)18)14(19)17-6-5-15-9-3-4-10(9)17/h7,9-10,15H,3-6H2,1-2H3,(H,16,18)/t9-,10-/m0/s1. The van der Waals surface area contributed by atoms with Gasteiger partial charge in [0.15, 0.2) is 0 Å². The number of rotatable bonds is 2. The van der Waals surface area contributed by atoms with E-state index in [1.54, 1.807) is 6.92 Å². The quantitative estimate of drug-likeness (QED) is 0.831. The number of ether oxygens (including phenoxy) is 1. The van der Waals surface area contributed by atoms with E-state index in [0.717, 1.165) is 19.4 Å². The van der Waals surface area contributed by atoms with Crippen molar-refractivity contribution in [2.45, 2.75) is 31.8 Å². The number of hydrogen-bond acceptors (Lipinski definition) is 5. The average molecular weight is 277 g/mol. The average Bonchev–Trinajstić information content (AvgIpc) is 2.42. The van der Waals surface area contributed by atoms with Gasteiger partial charge in [0.05, 0.1) is 7.11 Å². The third-order valence-electron chi connectivity index (χ3n) is 4.27. The first kappa shape index (κ1) is 13.2. The van der Waals surface area contributed by atoms with Crippen molar-refractivity contribution in [1.29, 1.82) is 0 Å². The topological polar surface area (TPSA) is 74.7 Å². The zero-order valence-electron chi connectivity index (χ0n) is 11.7. The van der Waals surface area contributed by atoms with E-state index >= 15 is 0 Å². The van der Waals surface area contributed by atoms with Crippen LogP contribution < -0.4 is 10.1 Å². The highest BCUT2D eigenvalue weighted by atomic mass is 16.5. The molecule has 2 aliphatic rings. The Hall–Kier alpha value is -1.82. The van der Waals surface area contributed by atoms with Crippen LogP contribution in [0.1, 0.15) is 28.8 Å². The number of carbonyl (C=O) groups excluding carboxylic acids is 1. The molecule has 2 atom stereocenters. The number of nitrogens with zero attached hydrogens (tertiary/aromatic N) is 2. The normalized spacial score (nSPS) is 24.8. The molecule has 108 valence electrons. The summed E-state index contributed by atoms with van der Waals surface area (Å²) in [5, 5.41) is 13.6. The largest absolute Gasteiger partial charge is 0.507 e. The second kappa shape index (κ2) is 4.94. The summed E-state index contributed by atoms with van der Waals surface area (Å²) in [7, 11) is 1.46. The molecule has 6 nitrogen and oxygen atoms in total. The lowest BCUT2D eigenvalue weighted by atomic mass is 9.83. The minimum atomic E-state index is -0.188. The molecule has 1 aliphatic heterocycles. The van der Waals surface area contributed by atoms with Crippen molar-refractivity contribution >= 4 is 5.91 Å². The molecular formula is C14H19N3O3. The number of nitrogens with one attached hydrogen (secondary N) is 1. The van der Waals surface area contributed by atoms with Gasteiger partial charge in [0.2, 0.25) is 5.88 Å². The first-order valence-corrected chi connectivity index (χ1v) is 6.90. The molecule has 0 aromatic carbocycles. The van der Waals surface area contributed by atoms with Crippen LogP contribution in [0.2, 0.25) is 0 Å². The predicted octanol–water partition coefficient (Wildman–Crippen LogP) is 0.681. The summed E-state index contributed by atoms with van der Waals surface area (Å²) in [4.78, 5) is 18.7. The molecule has 1 aliphatic carbocycles. The fourth-order valence-electron chi connectivity index (χ4n) is 2.95. The Labute approximate surface area is 117 Å². The number of aromatic hydroxyl groups is 1. The lowest BCUT2D eigenvalue weighted by Crippen LogP contribution is -2.64. The van der Waals surface area contributed by atoms with Crippen LogP contribution in [0.5, 0.6) is 11.6 Å². The van der Waals surface area contributed by atoms with Crippen molar-refractivity contribution in [1.82, 2.24) is 15.2 Å². The zero-order chi connectivity index (χ0) is 14.3. The van der Waals surface area contributed by atoms with Crippen LogP contribution in [0.3, 0.4) is 0 Å². The maximum atomic E-state index is 12.8. The minimum absolute atomic E-state index is 0.0312. The Morgan fingerprint density at radius 3 is 3.00 bits per heavy atom. The van der Waals surface area contributed by atoms with Gasteiger partial charge in [0, 0.05) is 36.9 Å². The second-order valence-corrected chi connectivity index (χ2v) is 5.38. The van der Waals surface area contributed by atoms with Crippen LogP contribution >= 0.6 is 0 Å². The summed E-state index contributed by atoms with van der Waals surface area (Å²) >= 11 is 0. The predicted molar refractivity (Wildman–Crippen MR) is 73.0 cm³/mol. The highest BCUT2D eigenvalue weighted by Gasteiger charge is 2.41. The van der Waals surface area contributed by atoms with E-state index in [1.165, 1.54) is 13.3 Å². The molecule has 0 unspecified atom stereocenters. The first-order chi connectivity index (χ1) is 9.63. The molecule has 0 spiro atoms. The fraction of sp³-hybridized carbons (Fsp3) is 0.571. The molecule has 0 radical (unpaired) electrons. The van der Waals surface area contributed by atoms with Crippen molar-refractivity contribution in [3.05, 3.63) is 17.3 Å². The van der Waals surface area contributed by atoms with Gasteiger partial charge < -0.3 is 20.1 Å². The second-order valence-electron chi connectivity index (χ2n) is 5.38. The van der Waals surface area contributed by atoms with Crippen LogP contribution in [0.4, 0.5) is 0 Å². The number of hydrogen-bond donors (Lipinski definition) is 2. The van der Waals surface area contributed by atoms with Crippen LogP contribution in [-0.4, -0.2) is 53.2 Å². The van der Waals surface area contributed by atoms with Crippen molar-refractivity contribution in [2.24, 2.45) is 0 Å². The Bertz CT molecular complexity index is 547. The molecule has 2 N–H and O–H groups in total. The maximum absolute atomic E-state index is 12.8. The van der Waals surface area contributed by atoms with E-state index in [4.69, 9.17) is 4.74 Å². The van der Waals surface area contributed by atoms with E-state index < -0.39 is 0 Å². The van der Waals surface area contributed by atoms with Crippen molar-refractivity contribution in [2.75, 3.05) is 20.2 Å². The number of pyridine rings is 1. The van der Waals surface area contributed by atoms with Gasteiger partial charge in [-0.2, -0.15) is 0 Å². The molecule has 1 amide bonds. The minimum Gasteiger partial charge on any atom is -0.507 e. The first-order valence-electron chi connectivity index (χ1n) is 6.90. The van der Waals surface area contributed by atoms with Crippen LogP contribution in [-0.2, 0) is 0 Å². The number of amides is 1. The number of fused-ring (bicyclic) bond motifs is 1. The smallest absolute Gasteiger partial charge is 0.263 e. The number of carbonyl (C=O) groups is 1. The molecule has 2 heterocycles. The Morgan fingerprint density at radius 2 is 2.35 bits per heavy atom. The van der Waals surface area contributed by atoms with Crippen LogP contribution in [0.25, 0.3) is 0 Å². The van der Waals surface area contributed by atoms with E-state index in [-0.39, 0.29) is 29.1 Å². The molecule has 1 saturated carbocycles. The molecule has 1 aromatic heterocycles. The third kappa shape index (κ3) is 1.91. The molecule has 0 bridgehead atoms. The Balaban J connectivity index is 1.95. The number of piperazine rings is 1. The number of aromatic nitrogens is 1. The number of methoxy groups -OCH3 is 1. The molecule has 1 aromatic rings. The van der Waals surface area contributed by atoms with Crippen molar-refractivity contribution in [3.63, 3.8) is 0 Å². The van der Waals surface area contributed by atoms with E-state index in [9.17, 15) is 9.90 Å². The van der Waals surface area contributed by atoms with Gasteiger partial charge in [0.25, 0.3) is 5.91 Å². The molecule has 6 heteroatoms. The highest BCUT2D eigenvalue weighted by Crippen LogP contribution is 2.34. The molecule has 20 heavy (non-hydrogen) atoms. The van der Waals surface area contributed by atoms with Crippen molar-refractivity contribution < 1.29 is 14.6 Å². The summed E-state index contributed by atoms with van der Waals surface area (Å²) in [6.07, 6.45) is 3.62. The Morgan fingerprint density at radius 1 is 1.55 bits per heavy atom. The van der Waals surface area contributed by atoms with Gasteiger partial charge in [-0.15, -0.1) is 0 Å². The number of aryl methyl sites for hydroxylation is 1. The van der Waals surface area contributed by atoms with Gasteiger partial charge in [-0.25, -0.2) is 4.98 Å². The fourth-order valence-corrected chi connectivity index (χ4v) is 2.95.